The lowest BCUT2D eigenvalue weighted by Gasteiger charge is -2.08. The molecule has 0 fully saturated rings. The van der Waals surface area contributed by atoms with Gasteiger partial charge in [-0.2, -0.15) is 0 Å². The Labute approximate surface area is 123 Å². The number of aliphatic carboxylic acids is 1. The number of imidazole rings is 1. The summed E-state index contributed by atoms with van der Waals surface area (Å²) < 4.78 is 0.495. The van der Waals surface area contributed by atoms with Crippen molar-refractivity contribution in [2.75, 3.05) is 0 Å². The zero-order valence-electron chi connectivity index (χ0n) is 9.37. The fraction of sp³-hybridized carbons (Fsp3) is 0.182. The Kier molecular flexibility index (Phi) is 3.91. The van der Waals surface area contributed by atoms with Crippen LogP contribution in [0.1, 0.15) is 16.8 Å². The van der Waals surface area contributed by atoms with Gasteiger partial charge in [0.1, 0.15) is 0 Å². The number of nitrogens with one attached hydrogen (secondary N) is 2. The quantitative estimate of drug-likeness (QED) is 0.548. The average Bonchev–Trinajstić information content (AvgIpc) is 2.65. The number of fused-ring (bicyclic) bond motifs is 1. The number of carbonyl (C=O) groups is 2. The summed E-state index contributed by atoms with van der Waals surface area (Å²) in [6.07, 6.45) is -0.313. The van der Waals surface area contributed by atoms with E-state index in [1.54, 1.807) is 6.07 Å². The molecule has 0 saturated heterocycles. The van der Waals surface area contributed by atoms with Gasteiger partial charge < -0.3 is 15.1 Å². The molecule has 1 aromatic heterocycles. The van der Waals surface area contributed by atoms with Crippen LogP contribution in [0.4, 0.5) is 0 Å². The van der Waals surface area contributed by atoms with Gasteiger partial charge in [0, 0.05) is 10.0 Å². The Morgan fingerprint density at radius 3 is 2.42 bits per heavy atom. The molecule has 1 unspecified atom stereocenters. The predicted octanol–water partition coefficient (Wildman–Crippen LogP) is 2.04. The molecule has 0 radical (unpaired) electrons. The van der Waals surface area contributed by atoms with Crippen molar-refractivity contribution in [3.8, 4) is 0 Å². The molecular formula is C11H8Br2N2O4. The van der Waals surface area contributed by atoms with Crippen molar-refractivity contribution in [1.29, 1.82) is 0 Å². The molecule has 0 aliphatic rings. The van der Waals surface area contributed by atoms with Gasteiger partial charge in [0.2, 0.25) is 0 Å². The molecule has 2 aromatic rings. The van der Waals surface area contributed by atoms with E-state index >= 15 is 0 Å². The van der Waals surface area contributed by atoms with Crippen LogP contribution in [-0.4, -0.2) is 31.7 Å². The van der Waals surface area contributed by atoms with Crippen LogP contribution in [0.15, 0.2) is 21.4 Å². The summed E-state index contributed by atoms with van der Waals surface area (Å²) in [4.78, 5) is 38.2. The molecule has 0 aliphatic heterocycles. The summed E-state index contributed by atoms with van der Waals surface area (Å²) in [5.41, 5.74) is 1.00. The van der Waals surface area contributed by atoms with Gasteiger partial charge in [-0.3, -0.25) is 9.59 Å². The van der Waals surface area contributed by atoms with Crippen molar-refractivity contribution < 1.29 is 14.7 Å². The maximum absolute atomic E-state index is 12.1. The van der Waals surface area contributed by atoms with E-state index in [1.165, 1.54) is 6.07 Å². The minimum Gasteiger partial charge on any atom is -0.481 e. The first-order chi connectivity index (χ1) is 8.88. The summed E-state index contributed by atoms with van der Waals surface area (Å²) in [7, 11) is 0. The number of halogens is 2. The lowest BCUT2D eigenvalue weighted by Crippen LogP contribution is -2.18. The lowest BCUT2D eigenvalue weighted by molar-refractivity contribution is -0.136. The molecule has 1 heterocycles. The number of Topliss-reactive ketones (excluding diaryl/α,β-unsaturated/α-hetero) is 1. The Bertz CT molecular complexity index is 719. The van der Waals surface area contributed by atoms with E-state index in [0.29, 0.717) is 21.1 Å². The molecule has 8 heteroatoms. The van der Waals surface area contributed by atoms with E-state index in [2.05, 4.69) is 41.8 Å². The Hall–Kier alpha value is -1.41. The number of ketones is 1. The highest BCUT2D eigenvalue weighted by molar-refractivity contribution is 9.10. The van der Waals surface area contributed by atoms with Crippen LogP contribution in [0.25, 0.3) is 11.0 Å². The van der Waals surface area contributed by atoms with Crippen molar-refractivity contribution in [3.63, 3.8) is 0 Å². The van der Waals surface area contributed by atoms with Crippen LogP contribution in [-0.2, 0) is 4.79 Å². The summed E-state index contributed by atoms with van der Waals surface area (Å²) in [5.74, 6) is -1.43. The van der Waals surface area contributed by atoms with Crippen molar-refractivity contribution >= 4 is 54.6 Å². The van der Waals surface area contributed by atoms with Gasteiger partial charge in [-0.25, -0.2) is 4.79 Å². The van der Waals surface area contributed by atoms with Gasteiger partial charge in [-0.1, -0.05) is 15.9 Å². The molecule has 0 aliphatic carbocycles. The summed E-state index contributed by atoms with van der Waals surface area (Å²) in [6.45, 7) is 0. The zero-order valence-corrected chi connectivity index (χ0v) is 12.5. The lowest BCUT2D eigenvalue weighted by atomic mass is 10.1. The van der Waals surface area contributed by atoms with E-state index in [-0.39, 0.29) is 17.9 Å². The molecule has 0 spiro atoms. The van der Waals surface area contributed by atoms with Crippen molar-refractivity contribution in [2.45, 2.75) is 11.2 Å². The summed E-state index contributed by atoms with van der Waals surface area (Å²) >= 11 is 6.29. The summed E-state index contributed by atoms with van der Waals surface area (Å²) in [6, 6.07) is 3.11. The molecule has 2 rings (SSSR count). The highest BCUT2D eigenvalue weighted by atomic mass is 79.9. The Morgan fingerprint density at radius 1 is 1.26 bits per heavy atom. The third kappa shape index (κ3) is 2.95. The second kappa shape index (κ2) is 5.30. The first-order valence-corrected chi connectivity index (χ1v) is 6.91. The molecule has 1 aromatic carbocycles. The van der Waals surface area contributed by atoms with Gasteiger partial charge in [0.05, 0.1) is 22.3 Å². The number of carboxylic acid groups (broad SMARTS) is 1. The first kappa shape index (κ1) is 14.0. The number of aromatic amines is 2. The number of rotatable bonds is 4. The van der Waals surface area contributed by atoms with Crippen molar-refractivity contribution in [1.82, 2.24) is 9.97 Å². The number of carboxylic acids is 1. The molecule has 0 saturated carbocycles. The van der Waals surface area contributed by atoms with Gasteiger partial charge >= 0.3 is 11.7 Å². The standard InChI is InChI=1S/C11H8Br2N2O4/c12-5-2-8-7(14-11(19)15-8)1-4(5)10(18)6(13)3-9(16)17/h1-2,6H,3H2,(H,16,17)(H2,14,15,19). The fourth-order valence-electron chi connectivity index (χ4n) is 1.66. The SMILES string of the molecule is O=C(O)CC(Br)C(=O)c1cc2[nH]c(=O)[nH]c2cc1Br. The highest BCUT2D eigenvalue weighted by Gasteiger charge is 2.22. The Morgan fingerprint density at radius 2 is 1.84 bits per heavy atom. The smallest absolute Gasteiger partial charge is 0.323 e. The second-order valence-electron chi connectivity index (χ2n) is 3.89. The molecule has 0 amide bonds. The van der Waals surface area contributed by atoms with Crippen LogP contribution < -0.4 is 5.69 Å². The molecular weight excluding hydrogens is 384 g/mol. The number of alkyl halides is 1. The van der Waals surface area contributed by atoms with Gasteiger partial charge in [-0.15, -0.1) is 0 Å². The molecule has 3 N–H and O–H groups in total. The van der Waals surface area contributed by atoms with Crippen molar-refractivity contribution in [2.24, 2.45) is 0 Å². The van der Waals surface area contributed by atoms with Gasteiger partial charge in [0.25, 0.3) is 0 Å². The number of hydrogen-bond donors (Lipinski definition) is 3. The number of H-pyrrole nitrogens is 2. The number of benzene rings is 1. The van der Waals surface area contributed by atoms with Crippen LogP contribution >= 0.6 is 31.9 Å². The van der Waals surface area contributed by atoms with E-state index < -0.39 is 10.8 Å². The van der Waals surface area contributed by atoms with Crippen LogP contribution in [0.5, 0.6) is 0 Å². The van der Waals surface area contributed by atoms with Crippen LogP contribution in [0.3, 0.4) is 0 Å². The molecule has 1 atom stereocenters. The number of carbonyl (C=O) groups excluding carboxylic acids is 1. The monoisotopic (exact) mass is 390 g/mol. The van der Waals surface area contributed by atoms with E-state index in [9.17, 15) is 14.4 Å². The average molecular weight is 392 g/mol. The molecule has 19 heavy (non-hydrogen) atoms. The summed E-state index contributed by atoms with van der Waals surface area (Å²) in [5, 5.41) is 8.68. The van der Waals surface area contributed by atoms with Crippen LogP contribution in [0, 0.1) is 0 Å². The van der Waals surface area contributed by atoms with Gasteiger partial charge in [0.15, 0.2) is 5.78 Å². The third-order valence-corrected chi connectivity index (χ3v) is 3.90. The zero-order chi connectivity index (χ0) is 14.2. The minimum atomic E-state index is -1.07. The molecule has 100 valence electrons. The van der Waals surface area contributed by atoms with Crippen molar-refractivity contribution in [3.05, 3.63) is 32.7 Å². The maximum atomic E-state index is 12.1. The number of aromatic nitrogens is 2. The largest absolute Gasteiger partial charge is 0.481 e. The minimum absolute atomic E-state index is 0.311. The molecule has 6 nitrogen and oxygen atoms in total. The van der Waals surface area contributed by atoms with E-state index in [0.717, 1.165) is 0 Å². The van der Waals surface area contributed by atoms with E-state index in [4.69, 9.17) is 5.11 Å². The normalized spacial score (nSPS) is 12.5. The number of hydrogen-bond acceptors (Lipinski definition) is 3. The third-order valence-electron chi connectivity index (χ3n) is 2.51. The topological polar surface area (TPSA) is 103 Å². The predicted molar refractivity (Wildman–Crippen MR) is 75.9 cm³/mol. The van der Waals surface area contributed by atoms with E-state index in [1.807, 2.05) is 0 Å². The maximum Gasteiger partial charge on any atom is 0.323 e. The highest BCUT2D eigenvalue weighted by Crippen LogP contribution is 2.25. The fourth-order valence-corrected chi connectivity index (χ4v) is 2.72. The Balaban J connectivity index is 2.43. The van der Waals surface area contributed by atoms with Crippen LogP contribution in [0.2, 0.25) is 0 Å². The van der Waals surface area contributed by atoms with Gasteiger partial charge in [-0.05, 0) is 28.1 Å². The molecule has 0 bridgehead atoms. The second-order valence-corrected chi connectivity index (χ2v) is 5.85. The first-order valence-electron chi connectivity index (χ1n) is 5.20.